The van der Waals surface area contributed by atoms with Gasteiger partial charge in [0.25, 0.3) is 5.92 Å². The standard InChI is InChI=1S/C29H33F2N5O2/c1-4-12-29(30,31)19(3)15-25-23(5-2)34-28(35-25)22-6-8-24(32-18-22)21-7-9-26(33-17-21)36-13-10-20(11-14-36)16-27(37)38/h4,6-9,12,15,17-18,20H,5,10-11,13-14,16H2,1-3H3,(H,34,35)(H,37,38)/b12-4?,19-15+. The summed E-state index contributed by atoms with van der Waals surface area (Å²) in [6, 6.07) is 7.73. The fourth-order valence-electron chi connectivity index (χ4n) is 4.63. The Morgan fingerprint density at radius 2 is 1.87 bits per heavy atom. The molecule has 4 rings (SSSR count). The van der Waals surface area contributed by atoms with E-state index in [0.29, 0.717) is 17.9 Å². The normalized spacial score (nSPS) is 15.4. The number of carbonyl (C=O) groups is 1. The van der Waals surface area contributed by atoms with Crippen molar-refractivity contribution >= 4 is 17.9 Å². The number of piperidine rings is 1. The number of allylic oxidation sites excluding steroid dienone is 3. The minimum atomic E-state index is -3.03. The third kappa shape index (κ3) is 6.33. The molecule has 0 amide bonds. The van der Waals surface area contributed by atoms with Crippen molar-refractivity contribution in [2.45, 2.75) is 52.4 Å². The molecule has 4 heterocycles. The van der Waals surface area contributed by atoms with E-state index >= 15 is 0 Å². The van der Waals surface area contributed by atoms with Gasteiger partial charge in [-0.05, 0) is 75.4 Å². The van der Waals surface area contributed by atoms with Crippen LogP contribution in [-0.4, -0.2) is 50.0 Å². The first-order chi connectivity index (χ1) is 18.2. The number of aromatic nitrogens is 4. The highest BCUT2D eigenvalue weighted by atomic mass is 19.3. The van der Waals surface area contributed by atoms with Crippen LogP contribution < -0.4 is 4.90 Å². The van der Waals surface area contributed by atoms with Gasteiger partial charge in [0.1, 0.15) is 11.6 Å². The van der Waals surface area contributed by atoms with Gasteiger partial charge >= 0.3 is 5.97 Å². The van der Waals surface area contributed by atoms with E-state index in [4.69, 9.17) is 5.11 Å². The van der Waals surface area contributed by atoms with E-state index in [2.05, 4.69) is 24.8 Å². The van der Waals surface area contributed by atoms with Crippen molar-refractivity contribution in [1.29, 1.82) is 0 Å². The molecule has 0 aliphatic carbocycles. The predicted molar refractivity (Wildman–Crippen MR) is 145 cm³/mol. The van der Waals surface area contributed by atoms with Crippen molar-refractivity contribution in [2.24, 2.45) is 5.92 Å². The molecule has 0 atom stereocenters. The largest absolute Gasteiger partial charge is 0.481 e. The van der Waals surface area contributed by atoms with E-state index in [1.165, 1.54) is 19.1 Å². The molecule has 0 saturated carbocycles. The predicted octanol–water partition coefficient (Wildman–Crippen LogP) is 6.40. The second-order valence-electron chi connectivity index (χ2n) is 9.62. The van der Waals surface area contributed by atoms with Gasteiger partial charge in [-0.25, -0.2) is 9.97 Å². The number of H-pyrrole nitrogens is 1. The number of nitrogens with zero attached hydrogens (tertiary/aromatic N) is 4. The molecule has 0 unspecified atom stereocenters. The van der Waals surface area contributed by atoms with Crippen LogP contribution in [0.2, 0.25) is 0 Å². The summed E-state index contributed by atoms with van der Waals surface area (Å²) in [6.07, 6.45) is 9.71. The number of pyridine rings is 2. The van der Waals surface area contributed by atoms with E-state index in [1.807, 2.05) is 31.2 Å². The fraction of sp³-hybridized carbons (Fsp3) is 0.379. The van der Waals surface area contributed by atoms with Crippen LogP contribution in [0.15, 0.2) is 54.4 Å². The first-order valence-electron chi connectivity index (χ1n) is 12.9. The van der Waals surface area contributed by atoms with E-state index in [9.17, 15) is 13.6 Å². The van der Waals surface area contributed by atoms with Crippen molar-refractivity contribution < 1.29 is 18.7 Å². The van der Waals surface area contributed by atoms with Crippen molar-refractivity contribution in [3.05, 3.63) is 65.8 Å². The Hall–Kier alpha value is -3.88. The Morgan fingerprint density at radius 3 is 2.45 bits per heavy atom. The summed E-state index contributed by atoms with van der Waals surface area (Å²) in [7, 11) is 0. The molecule has 0 radical (unpaired) electrons. The highest BCUT2D eigenvalue weighted by Crippen LogP contribution is 2.30. The number of hydrogen-bond donors (Lipinski definition) is 2. The molecule has 3 aromatic rings. The number of aromatic amines is 1. The maximum atomic E-state index is 14.2. The summed E-state index contributed by atoms with van der Waals surface area (Å²) in [5.41, 5.74) is 3.61. The SMILES string of the molecule is CC=CC(F)(F)/C(C)=C/c1nc(-c2ccc(-c3ccc(N4CCC(CC(=O)O)CC4)nc3)nc2)[nH]c1CC. The average molecular weight is 522 g/mol. The van der Waals surface area contributed by atoms with Crippen LogP contribution in [0.1, 0.15) is 51.4 Å². The number of nitrogens with one attached hydrogen (secondary N) is 1. The number of anilines is 1. The van der Waals surface area contributed by atoms with Gasteiger partial charge in [-0.15, -0.1) is 0 Å². The highest BCUT2D eigenvalue weighted by molar-refractivity contribution is 5.67. The van der Waals surface area contributed by atoms with Crippen molar-refractivity contribution in [3.8, 4) is 22.6 Å². The summed E-state index contributed by atoms with van der Waals surface area (Å²) in [4.78, 5) is 30.1. The zero-order chi connectivity index (χ0) is 27.3. The molecule has 1 aliphatic heterocycles. The second kappa shape index (κ2) is 11.7. The molecule has 3 aromatic heterocycles. The van der Waals surface area contributed by atoms with Crippen LogP contribution in [0.3, 0.4) is 0 Å². The maximum absolute atomic E-state index is 14.2. The van der Waals surface area contributed by atoms with E-state index in [0.717, 1.165) is 60.3 Å². The molecule has 1 saturated heterocycles. The maximum Gasteiger partial charge on any atom is 0.303 e. The van der Waals surface area contributed by atoms with Gasteiger partial charge in [0, 0.05) is 54.3 Å². The highest BCUT2D eigenvalue weighted by Gasteiger charge is 2.27. The lowest BCUT2D eigenvalue weighted by molar-refractivity contribution is -0.138. The van der Waals surface area contributed by atoms with Crippen LogP contribution in [0.4, 0.5) is 14.6 Å². The molecule has 1 fully saturated rings. The molecule has 0 spiro atoms. The van der Waals surface area contributed by atoms with Crippen LogP contribution in [-0.2, 0) is 11.2 Å². The Morgan fingerprint density at radius 1 is 1.16 bits per heavy atom. The number of aryl methyl sites for hydroxylation is 1. The number of aliphatic carboxylic acids is 1. The third-order valence-electron chi connectivity index (χ3n) is 6.90. The van der Waals surface area contributed by atoms with Crippen molar-refractivity contribution in [3.63, 3.8) is 0 Å². The molecule has 7 nitrogen and oxygen atoms in total. The van der Waals surface area contributed by atoms with Crippen LogP contribution >= 0.6 is 0 Å². The van der Waals surface area contributed by atoms with Gasteiger partial charge in [-0.3, -0.25) is 9.78 Å². The summed E-state index contributed by atoms with van der Waals surface area (Å²) >= 11 is 0. The number of rotatable bonds is 9. The zero-order valence-electron chi connectivity index (χ0n) is 21.9. The molecular weight excluding hydrogens is 488 g/mol. The number of alkyl halides is 2. The number of carboxylic acid groups (broad SMARTS) is 1. The first-order valence-corrected chi connectivity index (χ1v) is 12.9. The lowest BCUT2D eigenvalue weighted by Crippen LogP contribution is -2.34. The Labute approximate surface area is 221 Å². The van der Waals surface area contributed by atoms with Gasteiger partial charge in [0.2, 0.25) is 0 Å². The van der Waals surface area contributed by atoms with Gasteiger partial charge in [-0.2, -0.15) is 8.78 Å². The summed E-state index contributed by atoms with van der Waals surface area (Å²) in [5.74, 6) is -2.09. The van der Waals surface area contributed by atoms with Crippen molar-refractivity contribution in [2.75, 3.05) is 18.0 Å². The lowest BCUT2D eigenvalue weighted by Gasteiger charge is -2.32. The Kier molecular flexibility index (Phi) is 8.34. The number of hydrogen-bond acceptors (Lipinski definition) is 5. The zero-order valence-corrected chi connectivity index (χ0v) is 21.9. The third-order valence-corrected chi connectivity index (χ3v) is 6.90. The molecule has 200 valence electrons. The lowest BCUT2D eigenvalue weighted by atomic mass is 9.93. The molecular formula is C29H33F2N5O2. The molecule has 38 heavy (non-hydrogen) atoms. The number of halogens is 2. The van der Waals surface area contributed by atoms with Crippen LogP contribution in [0.25, 0.3) is 28.7 Å². The topological polar surface area (TPSA) is 95.0 Å². The van der Waals surface area contributed by atoms with E-state index in [-0.39, 0.29) is 17.9 Å². The number of imidazole rings is 1. The Bertz CT molecular complexity index is 1310. The molecule has 2 N–H and O–H groups in total. The average Bonchev–Trinajstić information content (AvgIpc) is 3.32. The quantitative estimate of drug-likeness (QED) is 0.316. The molecule has 0 aromatic carbocycles. The second-order valence-corrected chi connectivity index (χ2v) is 9.62. The van der Waals surface area contributed by atoms with Crippen LogP contribution in [0.5, 0.6) is 0 Å². The van der Waals surface area contributed by atoms with Crippen LogP contribution in [0, 0.1) is 5.92 Å². The van der Waals surface area contributed by atoms with E-state index < -0.39 is 11.9 Å². The smallest absolute Gasteiger partial charge is 0.303 e. The minimum absolute atomic E-state index is 0.0719. The molecule has 1 aliphatic rings. The van der Waals surface area contributed by atoms with Gasteiger partial charge in [-0.1, -0.05) is 13.0 Å². The first kappa shape index (κ1) is 27.2. The van der Waals surface area contributed by atoms with Gasteiger partial charge in [0.05, 0.1) is 11.4 Å². The van der Waals surface area contributed by atoms with Gasteiger partial charge in [0.15, 0.2) is 0 Å². The Balaban J connectivity index is 1.46. The summed E-state index contributed by atoms with van der Waals surface area (Å²) in [6.45, 7) is 6.52. The summed E-state index contributed by atoms with van der Waals surface area (Å²) < 4.78 is 28.5. The van der Waals surface area contributed by atoms with E-state index in [1.54, 1.807) is 19.3 Å². The van der Waals surface area contributed by atoms with Gasteiger partial charge < -0.3 is 15.0 Å². The van der Waals surface area contributed by atoms with Crippen molar-refractivity contribution in [1.82, 2.24) is 19.9 Å². The monoisotopic (exact) mass is 521 g/mol. The summed E-state index contributed by atoms with van der Waals surface area (Å²) in [5, 5.41) is 9.00. The minimum Gasteiger partial charge on any atom is -0.481 e. The molecule has 9 heteroatoms. The number of carboxylic acids is 1. The fourth-order valence-corrected chi connectivity index (χ4v) is 4.63. The molecule has 0 bridgehead atoms.